The number of carbonyl (C=O) groups excluding carboxylic acids is 1. The fraction of sp³-hybridized carbons (Fsp3) is 0.500. The van der Waals surface area contributed by atoms with Gasteiger partial charge < -0.3 is 14.6 Å². The van der Waals surface area contributed by atoms with E-state index >= 15 is 0 Å². The summed E-state index contributed by atoms with van der Waals surface area (Å²) < 4.78 is 10.7. The molecular formula is C16H22N4O3. The van der Waals surface area contributed by atoms with E-state index in [9.17, 15) is 4.79 Å². The second-order valence-electron chi connectivity index (χ2n) is 6.17. The Morgan fingerprint density at radius 2 is 2.04 bits per heavy atom. The summed E-state index contributed by atoms with van der Waals surface area (Å²) in [6, 6.07) is 1.59. The third-order valence-electron chi connectivity index (χ3n) is 3.07. The van der Waals surface area contributed by atoms with Gasteiger partial charge in [-0.15, -0.1) is 0 Å². The fourth-order valence-corrected chi connectivity index (χ4v) is 1.84. The van der Waals surface area contributed by atoms with Crippen LogP contribution in [0.4, 0.5) is 0 Å². The van der Waals surface area contributed by atoms with Gasteiger partial charge in [0.15, 0.2) is 11.5 Å². The molecule has 124 valence electrons. The van der Waals surface area contributed by atoms with Gasteiger partial charge in [-0.2, -0.15) is 0 Å². The van der Waals surface area contributed by atoms with Gasteiger partial charge in [0.2, 0.25) is 0 Å². The Kier molecular flexibility index (Phi) is 5.44. The molecule has 7 nitrogen and oxygen atoms in total. The second kappa shape index (κ2) is 7.32. The Labute approximate surface area is 135 Å². The minimum absolute atomic E-state index is 0.244. The standard InChI is InChI=1S/C16H22N4O3/c1-11-13(18-8-7-17-11)5-6-19-15(21)14-9-12(23-20-14)10-22-16(2,3)4/h7-9H,5-6,10H2,1-4H3,(H,19,21). The maximum absolute atomic E-state index is 12.0. The fourth-order valence-electron chi connectivity index (χ4n) is 1.84. The van der Waals surface area contributed by atoms with Crippen LogP contribution in [0, 0.1) is 6.92 Å². The Morgan fingerprint density at radius 3 is 2.74 bits per heavy atom. The quantitative estimate of drug-likeness (QED) is 0.877. The van der Waals surface area contributed by atoms with Gasteiger partial charge in [-0.3, -0.25) is 14.8 Å². The van der Waals surface area contributed by atoms with Crippen molar-refractivity contribution < 1.29 is 14.1 Å². The van der Waals surface area contributed by atoms with Crippen molar-refractivity contribution in [2.45, 2.75) is 46.3 Å². The van der Waals surface area contributed by atoms with E-state index in [1.165, 1.54) is 0 Å². The molecule has 7 heteroatoms. The van der Waals surface area contributed by atoms with Gasteiger partial charge in [-0.25, -0.2) is 0 Å². The zero-order valence-corrected chi connectivity index (χ0v) is 13.9. The van der Waals surface area contributed by atoms with Crippen LogP contribution in [0.5, 0.6) is 0 Å². The summed E-state index contributed by atoms with van der Waals surface area (Å²) in [6.45, 7) is 8.48. The normalized spacial score (nSPS) is 11.5. The molecule has 0 aliphatic carbocycles. The maximum Gasteiger partial charge on any atom is 0.273 e. The molecule has 2 aromatic heterocycles. The SMILES string of the molecule is Cc1nccnc1CCNC(=O)c1cc(COC(C)(C)C)on1. The molecule has 0 bridgehead atoms. The maximum atomic E-state index is 12.0. The smallest absolute Gasteiger partial charge is 0.273 e. The summed E-state index contributed by atoms with van der Waals surface area (Å²) in [5.74, 6) is 0.243. The molecule has 0 aliphatic rings. The first kappa shape index (κ1) is 17.1. The number of ether oxygens (including phenoxy) is 1. The van der Waals surface area contributed by atoms with Crippen LogP contribution in [-0.4, -0.2) is 33.2 Å². The van der Waals surface area contributed by atoms with E-state index < -0.39 is 0 Å². The number of carbonyl (C=O) groups is 1. The van der Waals surface area contributed by atoms with E-state index in [0.717, 1.165) is 11.4 Å². The van der Waals surface area contributed by atoms with Crippen molar-refractivity contribution in [2.75, 3.05) is 6.54 Å². The number of amides is 1. The third kappa shape index (κ3) is 5.45. The average Bonchev–Trinajstić information content (AvgIpc) is 2.95. The van der Waals surface area contributed by atoms with E-state index in [-0.39, 0.29) is 23.8 Å². The molecule has 1 N–H and O–H groups in total. The zero-order chi connectivity index (χ0) is 16.9. The van der Waals surface area contributed by atoms with Crippen molar-refractivity contribution in [3.63, 3.8) is 0 Å². The van der Waals surface area contributed by atoms with Crippen molar-refractivity contribution in [3.05, 3.63) is 41.3 Å². The van der Waals surface area contributed by atoms with Crippen LogP contribution >= 0.6 is 0 Å². The van der Waals surface area contributed by atoms with E-state index in [0.29, 0.717) is 18.7 Å². The van der Waals surface area contributed by atoms with E-state index in [1.54, 1.807) is 18.5 Å². The molecule has 0 saturated carbocycles. The molecule has 0 spiro atoms. The predicted octanol–water partition coefficient (Wildman–Crippen LogP) is 2.06. The Balaban J connectivity index is 1.82. The van der Waals surface area contributed by atoms with Crippen LogP contribution in [0.3, 0.4) is 0 Å². The molecule has 0 radical (unpaired) electrons. The van der Waals surface area contributed by atoms with Crippen LogP contribution in [0.2, 0.25) is 0 Å². The highest BCUT2D eigenvalue weighted by atomic mass is 16.5. The van der Waals surface area contributed by atoms with Gasteiger partial charge in [-0.05, 0) is 27.7 Å². The molecular weight excluding hydrogens is 296 g/mol. The van der Waals surface area contributed by atoms with Crippen molar-refractivity contribution in [2.24, 2.45) is 0 Å². The minimum Gasteiger partial charge on any atom is -0.368 e. The average molecular weight is 318 g/mol. The predicted molar refractivity (Wildman–Crippen MR) is 83.9 cm³/mol. The lowest BCUT2D eigenvalue weighted by atomic mass is 10.2. The number of nitrogens with one attached hydrogen (secondary N) is 1. The first-order chi connectivity index (χ1) is 10.8. The number of nitrogens with zero attached hydrogens (tertiary/aromatic N) is 3. The zero-order valence-electron chi connectivity index (χ0n) is 13.9. The summed E-state index contributed by atoms with van der Waals surface area (Å²) in [5.41, 5.74) is 1.70. The molecule has 23 heavy (non-hydrogen) atoms. The lowest BCUT2D eigenvalue weighted by Gasteiger charge is -2.17. The minimum atomic E-state index is -0.280. The summed E-state index contributed by atoms with van der Waals surface area (Å²) in [7, 11) is 0. The molecule has 0 atom stereocenters. The number of hydrogen-bond donors (Lipinski definition) is 1. The molecule has 0 fully saturated rings. The number of hydrogen-bond acceptors (Lipinski definition) is 6. The monoisotopic (exact) mass is 318 g/mol. The van der Waals surface area contributed by atoms with Gasteiger partial charge in [0.1, 0.15) is 6.61 Å². The highest BCUT2D eigenvalue weighted by Gasteiger charge is 2.15. The second-order valence-corrected chi connectivity index (χ2v) is 6.17. The lowest BCUT2D eigenvalue weighted by molar-refractivity contribution is -0.0241. The molecule has 0 aromatic carbocycles. The molecule has 1 amide bonds. The third-order valence-corrected chi connectivity index (χ3v) is 3.07. The highest BCUT2D eigenvalue weighted by Crippen LogP contribution is 2.12. The summed E-state index contributed by atoms with van der Waals surface area (Å²) in [5, 5.41) is 6.56. The van der Waals surface area contributed by atoms with Crippen LogP contribution in [0.25, 0.3) is 0 Å². The van der Waals surface area contributed by atoms with Crippen LogP contribution in [-0.2, 0) is 17.8 Å². The van der Waals surface area contributed by atoms with Crippen LogP contribution < -0.4 is 5.32 Å². The van der Waals surface area contributed by atoms with E-state index in [2.05, 4.69) is 20.4 Å². The summed E-state index contributed by atoms with van der Waals surface area (Å²) >= 11 is 0. The van der Waals surface area contributed by atoms with Crippen LogP contribution in [0.15, 0.2) is 23.0 Å². The first-order valence-corrected chi connectivity index (χ1v) is 7.49. The van der Waals surface area contributed by atoms with Crippen molar-refractivity contribution >= 4 is 5.91 Å². The number of aryl methyl sites for hydroxylation is 1. The summed E-state index contributed by atoms with van der Waals surface area (Å²) in [6.07, 6.45) is 3.90. The molecule has 0 unspecified atom stereocenters. The Hall–Kier alpha value is -2.28. The molecule has 2 rings (SSSR count). The van der Waals surface area contributed by atoms with Crippen LogP contribution in [0.1, 0.15) is 48.4 Å². The van der Waals surface area contributed by atoms with Gasteiger partial charge in [-0.1, -0.05) is 5.16 Å². The van der Waals surface area contributed by atoms with Gasteiger partial charge in [0.25, 0.3) is 5.91 Å². The number of rotatable bonds is 6. The first-order valence-electron chi connectivity index (χ1n) is 7.49. The van der Waals surface area contributed by atoms with Gasteiger partial charge >= 0.3 is 0 Å². The summed E-state index contributed by atoms with van der Waals surface area (Å²) in [4.78, 5) is 20.4. The van der Waals surface area contributed by atoms with E-state index in [1.807, 2.05) is 27.7 Å². The molecule has 0 aliphatic heterocycles. The molecule has 2 aromatic rings. The Bertz CT molecular complexity index is 661. The number of aromatic nitrogens is 3. The highest BCUT2D eigenvalue weighted by molar-refractivity contribution is 5.92. The molecule has 2 heterocycles. The van der Waals surface area contributed by atoms with Gasteiger partial charge in [0.05, 0.1) is 17.0 Å². The Morgan fingerprint density at radius 1 is 1.30 bits per heavy atom. The van der Waals surface area contributed by atoms with Gasteiger partial charge in [0, 0.05) is 31.4 Å². The molecule has 0 saturated heterocycles. The van der Waals surface area contributed by atoms with Crippen molar-refractivity contribution in [1.82, 2.24) is 20.4 Å². The topological polar surface area (TPSA) is 90.1 Å². The van der Waals surface area contributed by atoms with E-state index in [4.69, 9.17) is 9.26 Å². The lowest BCUT2D eigenvalue weighted by Crippen LogP contribution is -2.26. The largest absolute Gasteiger partial charge is 0.368 e. The van der Waals surface area contributed by atoms with Crippen molar-refractivity contribution in [3.8, 4) is 0 Å². The van der Waals surface area contributed by atoms with Crippen molar-refractivity contribution in [1.29, 1.82) is 0 Å².